The molecule has 3 aromatic rings. The molecular weight excluding hydrogens is 582 g/mol. The fourth-order valence-corrected chi connectivity index (χ4v) is 5.71. The van der Waals surface area contributed by atoms with Gasteiger partial charge < -0.3 is 24.8 Å². The molecule has 0 radical (unpaired) electrons. The Morgan fingerprint density at radius 2 is 1.59 bits per heavy atom. The molecule has 4 rings (SSSR count). The van der Waals surface area contributed by atoms with Crippen LogP contribution in [0.3, 0.4) is 0 Å². The van der Waals surface area contributed by atoms with E-state index >= 15 is 0 Å². The number of hydroxylamine groups is 1. The third-order valence-electron chi connectivity index (χ3n) is 8.24. The van der Waals surface area contributed by atoms with E-state index in [0.29, 0.717) is 19.4 Å². The molecular formula is C37H47N3O6. The van der Waals surface area contributed by atoms with Crippen molar-refractivity contribution in [1.29, 1.82) is 0 Å². The minimum absolute atomic E-state index is 0.00121. The van der Waals surface area contributed by atoms with E-state index in [1.807, 2.05) is 60.7 Å². The number of ether oxygens (including phenoxy) is 2. The first-order chi connectivity index (χ1) is 22.4. The Morgan fingerprint density at radius 3 is 2.26 bits per heavy atom. The molecule has 3 aromatic carbocycles. The molecule has 9 nitrogen and oxygen atoms in total. The molecule has 0 bridgehead atoms. The topological polar surface area (TPSA) is 120 Å². The molecule has 246 valence electrons. The highest BCUT2D eigenvalue weighted by atomic mass is 16.7. The molecule has 3 unspecified atom stereocenters. The average Bonchev–Trinajstić information content (AvgIpc) is 3.09. The van der Waals surface area contributed by atoms with Crippen LogP contribution in [-0.4, -0.2) is 53.3 Å². The van der Waals surface area contributed by atoms with Crippen LogP contribution in [0.15, 0.2) is 85.5 Å². The predicted octanol–water partition coefficient (Wildman–Crippen LogP) is 5.97. The van der Waals surface area contributed by atoms with Gasteiger partial charge >= 0.3 is 0 Å². The summed E-state index contributed by atoms with van der Waals surface area (Å²) in [4.78, 5) is 25.8. The monoisotopic (exact) mass is 629 g/mol. The molecule has 2 amide bonds. The number of rotatable bonds is 17. The first-order valence-electron chi connectivity index (χ1n) is 16.1. The lowest BCUT2D eigenvalue weighted by Crippen LogP contribution is -2.37. The molecule has 1 saturated heterocycles. The number of nitrogens with one attached hydrogen (secondary N) is 2. The lowest BCUT2D eigenvalue weighted by Gasteiger charge is -2.37. The number of hydrogen-bond donors (Lipinski definition) is 4. The zero-order valence-electron chi connectivity index (χ0n) is 26.7. The van der Waals surface area contributed by atoms with Crippen molar-refractivity contribution in [3.8, 4) is 11.1 Å². The average molecular weight is 630 g/mol. The summed E-state index contributed by atoms with van der Waals surface area (Å²) >= 11 is 0. The van der Waals surface area contributed by atoms with Gasteiger partial charge in [-0.25, -0.2) is 5.48 Å². The largest absolute Gasteiger partial charge is 0.392 e. The lowest BCUT2D eigenvalue weighted by molar-refractivity contribution is -0.252. The molecule has 1 aliphatic rings. The number of hydrogen-bond acceptors (Lipinski definition) is 7. The van der Waals surface area contributed by atoms with Crippen LogP contribution >= 0.6 is 0 Å². The van der Waals surface area contributed by atoms with E-state index < -0.39 is 6.29 Å². The Morgan fingerprint density at radius 1 is 0.913 bits per heavy atom. The molecule has 9 heteroatoms. The predicted molar refractivity (Wildman–Crippen MR) is 177 cm³/mol. The molecule has 1 heterocycles. The number of amides is 2. The van der Waals surface area contributed by atoms with E-state index in [0.717, 1.165) is 72.2 Å². The van der Waals surface area contributed by atoms with Gasteiger partial charge in [-0.1, -0.05) is 91.7 Å². The van der Waals surface area contributed by atoms with Crippen LogP contribution in [-0.2, 0) is 32.2 Å². The van der Waals surface area contributed by atoms with Crippen molar-refractivity contribution in [3.63, 3.8) is 0 Å². The number of unbranched alkanes of at least 4 members (excludes halogenated alkanes) is 3. The Kier molecular flexibility index (Phi) is 13.9. The van der Waals surface area contributed by atoms with Crippen molar-refractivity contribution in [2.24, 2.45) is 0 Å². The van der Waals surface area contributed by atoms with Gasteiger partial charge in [-0.2, -0.15) is 0 Å². The lowest BCUT2D eigenvalue weighted by atomic mass is 9.97. The molecule has 0 aromatic heterocycles. The number of aliphatic hydroxyl groups is 1. The Hall–Kier alpha value is -3.86. The molecule has 1 aliphatic heterocycles. The first-order valence-corrected chi connectivity index (χ1v) is 16.1. The molecule has 46 heavy (non-hydrogen) atoms. The maximum atomic E-state index is 12.5. The van der Waals surface area contributed by atoms with E-state index in [2.05, 4.69) is 42.0 Å². The second-order valence-corrected chi connectivity index (χ2v) is 11.9. The molecule has 0 saturated carbocycles. The maximum Gasteiger partial charge on any atom is 0.243 e. The van der Waals surface area contributed by atoms with E-state index in [1.165, 1.54) is 0 Å². The van der Waals surface area contributed by atoms with Gasteiger partial charge in [0.05, 0.1) is 18.8 Å². The van der Waals surface area contributed by atoms with Crippen LogP contribution < -0.4 is 10.8 Å². The zero-order chi connectivity index (χ0) is 32.7. The Balaban J connectivity index is 1.38. The number of benzene rings is 3. The number of carbonyl (C=O) groups is 2. The normalized spacial score (nSPS) is 17.9. The fourth-order valence-electron chi connectivity index (χ4n) is 5.71. The van der Waals surface area contributed by atoms with Crippen molar-refractivity contribution in [2.75, 3.05) is 20.1 Å². The molecule has 0 aliphatic carbocycles. The van der Waals surface area contributed by atoms with Crippen molar-refractivity contribution < 1.29 is 29.4 Å². The maximum absolute atomic E-state index is 12.5. The summed E-state index contributed by atoms with van der Waals surface area (Å²) < 4.78 is 13.0. The Bertz CT molecular complexity index is 1390. The Labute approximate surface area is 272 Å². The minimum Gasteiger partial charge on any atom is -0.392 e. The van der Waals surface area contributed by atoms with Crippen molar-refractivity contribution >= 4 is 11.8 Å². The van der Waals surface area contributed by atoms with Gasteiger partial charge in [0.25, 0.3) is 0 Å². The van der Waals surface area contributed by atoms with Crippen LogP contribution in [0.1, 0.15) is 79.6 Å². The van der Waals surface area contributed by atoms with Crippen LogP contribution in [0.25, 0.3) is 11.1 Å². The van der Waals surface area contributed by atoms with E-state index in [1.54, 1.807) is 5.48 Å². The number of carbonyl (C=O) groups excluding carboxylic acids is 2. The van der Waals surface area contributed by atoms with E-state index in [9.17, 15) is 14.7 Å². The van der Waals surface area contributed by atoms with Crippen molar-refractivity contribution in [3.05, 3.63) is 108 Å². The molecule has 3 atom stereocenters. The van der Waals surface area contributed by atoms with Gasteiger partial charge in [0.2, 0.25) is 11.8 Å². The molecule has 0 spiro atoms. The van der Waals surface area contributed by atoms with Crippen molar-refractivity contribution in [2.45, 2.75) is 76.6 Å². The summed E-state index contributed by atoms with van der Waals surface area (Å²) in [6.45, 7) is 5.81. The number of aliphatic hydroxyl groups excluding tert-OH is 1. The van der Waals surface area contributed by atoms with Gasteiger partial charge in [-0.15, -0.1) is 6.58 Å². The third kappa shape index (κ3) is 10.6. The SMILES string of the molecule is C=CCN(C)CC1CC(c2ccc(CO)cc2)OC(c2ccc(-c3ccccc3CNC(=O)CCCCCCC(=O)NO)cc2)O1. The summed E-state index contributed by atoms with van der Waals surface area (Å²) in [5.74, 6) is -0.382. The van der Waals surface area contributed by atoms with Gasteiger partial charge in [-0.3, -0.25) is 14.8 Å². The zero-order valence-corrected chi connectivity index (χ0v) is 26.7. The summed E-state index contributed by atoms with van der Waals surface area (Å²) in [6.07, 6.45) is 5.73. The van der Waals surface area contributed by atoms with Gasteiger partial charge in [0.15, 0.2) is 6.29 Å². The second kappa shape index (κ2) is 18.3. The number of nitrogens with zero attached hydrogens (tertiary/aromatic N) is 1. The highest BCUT2D eigenvalue weighted by Crippen LogP contribution is 2.38. The molecule has 4 N–H and O–H groups in total. The van der Waals surface area contributed by atoms with E-state index in [4.69, 9.17) is 14.7 Å². The van der Waals surface area contributed by atoms with Crippen LogP contribution in [0.2, 0.25) is 0 Å². The first kappa shape index (κ1) is 35.0. The standard InChI is InChI=1S/C37H47N3O6/c1-3-22-40(2)25-32-23-34(29-16-14-27(26-41)15-17-29)46-37(45-32)30-20-18-28(19-21-30)33-11-9-8-10-31(33)24-38-35(42)12-6-4-5-7-13-36(43)39-44/h3,8-11,14-21,32,34,37,41,44H,1,4-7,12-13,22-26H2,2H3,(H,38,42)(H,39,43). The highest BCUT2D eigenvalue weighted by molar-refractivity contribution is 5.76. The van der Waals surface area contributed by atoms with Crippen LogP contribution in [0, 0.1) is 0 Å². The van der Waals surface area contributed by atoms with Crippen LogP contribution in [0.4, 0.5) is 0 Å². The van der Waals surface area contributed by atoms with E-state index in [-0.39, 0.29) is 37.0 Å². The highest BCUT2D eigenvalue weighted by Gasteiger charge is 2.32. The number of likely N-dealkylation sites (N-methyl/N-ethyl adjacent to an activating group) is 1. The minimum atomic E-state index is -0.534. The fraction of sp³-hybridized carbons (Fsp3) is 0.405. The summed E-state index contributed by atoms with van der Waals surface area (Å²) in [5.41, 5.74) is 7.60. The molecule has 1 fully saturated rings. The third-order valence-corrected chi connectivity index (χ3v) is 8.24. The van der Waals surface area contributed by atoms with Gasteiger partial charge in [0.1, 0.15) is 0 Å². The smallest absolute Gasteiger partial charge is 0.243 e. The summed E-state index contributed by atoms with van der Waals surface area (Å²) in [6, 6.07) is 24.2. The van der Waals surface area contributed by atoms with Crippen LogP contribution in [0.5, 0.6) is 0 Å². The van der Waals surface area contributed by atoms with Crippen molar-refractivity contribution in [1.82, 2.24) is 15.7 Å². The summed E-state index contributed by atoms with van der Waals surface area (Å²) in [7, 11) is 2.06. The second-order valence-electron chi connectivity index (χ2n) is 11.9. The van der Waals surface area contributed by atoms with Gasteiger partial charge in [-0.05, 0) is 47.7 Å². The quantitative estimate of drug-likeness (QED) is 0.0629. The van der Waals surface area contributed by atoms with Gasteiger partial charge in [0, 0.05) is 44.5 Å². The summed E-state index contributed by atoms with van der Waals surface area (Å²) in [5, 5.41) is 21.1.